The van der Waals surface area contributed by atoms with Crippen molar-refractivity contribution in [2.75, 3.05) is 13.7 Å². The van der Waals surface area contributed by atoms with Crippen molar-refractivity contribution in [3.8, 4) is 5.75 Å². The van der Waals surface area contributed by atoms with Crippen molar-refractivity contribution in [2.24, 2.45) is 0 Å². The molecule has 2 rings (SSSR count). The fourth-order valence-corrected chi connectivity index (χ4v) is 1.76. The van der Waals surface area contributed by atoms with Crippen LogP contribution < -0.4 is 4.74 Å². The van der Waals surface area contributed by atoms with Gasteiger partial charge in [0.1, 0.15) is 17.9 Å². The van der Waals surface area contributed by atoms with Gasteiger partial charge in [-0.2, -0.15) is 0 Å². The van der Waals surface area contributed by atoms with E-state index in [1.54, 1.807) is 12.1 Å². The maximum absolute atomic E-state index is 11.7. The largest absolute Gasteiger partial charge is 0.489 e. The average Bonchev–Trinajstić information content (AvgIpc) is 2.43. The van der Waals surface area contributed by atoms with Crippen molar-refractivity contribution in [3.63, 3.8) is 0 Å². The lowest BCUT2D eigenvalue weighted by atomic mass is 10.1. The third-order valence-electron chi connectivity index (χ3n) is 2.61. The fraction of sp³-hybridized carbons (Fsp3) is 0.133. The highest BCUT2D eigenvalue weighted by Crippen LogP contribution is 2.26. The maximum Gasteiger partial charge on any atom is 0.341 e. The van der Waals surface area contributed by atoms with E-state index in [9.17, 15) is 4.79 Å². The Balaban J connectivity index is 2.55. The molecule has 2 aromatic rings. The molecule has 0 unspecified atom stereocenters. The molecule has 92 valence electrons. The smallest absolute Gasteiger partial charge is 0.341 e. The molecule has 3 nitrogen and oxygen atoms in total. The quantitative estimate of drug-likeness (QED) is 0.610. The summed E-state index contributed by atoms with van der Waals surface area (Å²) in [6, 6.07) is 11.4. The number of hydrogen-bond acceptors (Lipinski definition) is 3. The molecule has 0 aliphatic rings. The summed E-state index contributed by atoms with van der Waals surface area (Å²) in [6.07, 6.45) is 1.64. The summed E-state index contributed by atoms with van der Waals surface area (Å²) in [7, 11) is 1.36. The van der Waals surface area contributed by atoms with Crippen LogP contribution in [0.15, 0.2) is 49.1 Å². The molecule has 0 fully saturated rings. The van der Waals surface area contributed by atoms with E-state index in [0.717, 1.165) is 10.8 Å². The van der Waals surface area contributed by atoms with Gasteiger partial charge in [0.15, 0.2) is 0 Å². The first-order valence-corrected chi connectivity index (χ1v) is 5.61. The number of hydrogen-bond donors (Lipinski definition) is 0. The van der Waals surface area contributed by atoms with E-state index in [1.165, 1.54) is 7.11 Å². The van der Waals surface area contributed by atoms with Crippen molar-refractivity contribution < 1.29 is 14.3 Å². The summed E-state index contributed by atoms with van der Waals surface area (Å²) in [4.78, 5) is 11.7. The Bertz CT molecular complexity index is 587. The van der Waals surface area contributed by atoms with E-state index in [4.69, 9.17) is 9.47 Å². The van der Waals surface area contributed by atoms with Crippen molar-refractivity contribution in [1.29, 1.82) is 0 Å². The molecule has 0 aliphatic carbocycles. The van der Waals surface area contributed by atoms with Gasteiger partial charge in [-0.05, 0) is 22.9 Å². The van der Waals surface area contributed by atoms with Gasteiger partial charge >= 0.3 is 5.97 Å². The predicted molar refractivity (Wildman–Crippen MR) is 71.0 cm³/mol. The molecule has 0 N–H and O–H groups in total. The lowest BCUT2D eigenvalue weighted by Crippen LogP contribution is -2.06. The van der Waals surface area contributed by atoms with E-state index in [1.807, 2.05) is 30.3 Å². The minimum atomic E-state index is -0.403. The van der Waals surface area contributed by atoms with E-state index in [-0.39, 0.29) is 0 Å². The van der Waals surface area contributed by atoms with E-state index in [0.29, 0.717) is 17.9 Å². The highest BCUT2D eigenvalue weighted by atomic mass is 16.5. The van der Waals surface area contributed by atoms with Gasteiger partial charge in [0.25, 0.3) is 0 Å². The highest BCUT2D eigenvalue weighted by molar-refractivity contribution is 5.98. The molecular weight excluding hydrogens is 228 g/mol. The van der Waals surface area contributed by atoms with Crippen LogP contribution in [0.3, 0.4) is 0 Å². The number of esters is 1. The Morgan fingerprint density at radius 2 is 1.94 bits per heavy atom. The van der Waals surface area contributed by atoms with Gasteiger partial charge in [0.05, 0.1) is 7.11 Å². The second kappa shape index (κ2) is 5.36. The molecule has 0 atom stereocenters. The normalized spacial score (nSPS) is 10.1. The Labute approximate surface area is 106 Å². The summed E-state index contributed by atoms with van der Waals surface area (Å²) < 4.78 is 10.3. The van der Waals surface area contributed by atoms with Gasteiger partial charge in [-0.15, -0.1) is 0 Å². The van der Waals surface area contributed by atoms with Crippen LogP contribution in [-0.4, -0.2) is 19.7 Å². The van der Waals surface area contributed by atoms with E-state index < -0.39 is 5.97 Å². The minimum absolute atomic E-state index is 0.350. The standard InChI is InChI=1S/C15H14O3/c1-3-8-18-14-10-12-7-5-4-6-11(12)9-13(14)15(16)17-2/h3-7,9-10H,1,8H2,2H3. The first kappa shape index (κ1) is 12.2. The molecule has 0 bridgehead atoms. The zero-order valence-electron chi connectivity index (χ0n) is 10.2. The van der Waals surface area contributed by atoms with Crippen LogP contribution >= 0.6 is 0 Å². The lowest BCUT2D eigenvalue weighted by molar-refractivity contribution is 0.0597. The van der Waals surface area contributed by atoms with Gasteiger partial charge in [-0.3, -0.25) is 0 Å². The number of rotatable bonds is 4. The van der Waals surface area contributed by atoms with Crippen LogP contribution in [0.5, 0.6) is 5.75 Å². The first-order valence-electron chi connectivity index (χ1n) is 5.61. The SMILES string of the molecule is C=CCOc1cc2ccccc2cc1C(=O)OC. The molecule has 0 aliphatic heterocycles. The monoisotopic (exact) mass is 242 g/mol. The summed E-state index contributed by atoms with van der Waals surface area (Å²) in [5, 5.41) is 1.99. The molecule has 18 heavy (non-hydrogen) atoms. The summed E-state index contributed by atoms with van der Waals surface area (Å²) in [6.45, 7) is 3.94. The fourth-order valence-electron chi connectivity index (χ4n) is 1.76. The molecule has 0 aromatic heterocycles. The average molecular weight is 242 g/mol. The van der Waals surface area contributed by atoms with Gasteiger partial charge < -0.3 is 9.47 Å². The molecule has 2 aromatic carbocycles. The van der Waals surface area contributed by atoms with Crippen LogP contribution in [0, 0.1) is 0 Å². The second-order valence-corrected chi connectivity index (χ2v) is 3.79. The summed E-state index contributed by atoms with van der Waals surface area (Å²) in [5.41, 5.74) is 0.429. The van der Waals surface area contributed by atoms with Crippen LogP contribution in [0.2, 0.25) is 0 Å². The summed E-state index contributed by atoms with van der Waals surface area (Å²) in [5.74, 6) is 0.111. The number of fused-ring (bicyclic) bond motifs is 1. The van der Waals surface area contributed by atoms with Gasteiger partial charge in [-0.1, -0.05) is 36.9 Å². The third kappa shape index (κ3) is 2.35. The Hall–Kier alpha value is -2.29. The first-order chi connectivity index (χ1) is 8.76. The Morgan fingerprint density at radius 3 is 2.56 bits per heavy atom. The second-order valence-electron chi connectivity index (χ2n) is 3.79. The zero-order valence-corrected chi connectivity index (χ0v) is 10.2. The molecule has 0 spiro atoms. The van der Waals surface area contributed by atoms with Crippen molar-refractivity contribution in [1.82, 2.24) is 0 Å². The Morgan fingerprint density at radius 1 is 1.28 bits per heavy atom. The van der Waals surface area contributed by atoms with Crippen molar-refractivity contribution >= 4 is 16.7 Å². The molecular formula is C15H14O3. The summed E-state index contributed by atoms with van der Waals surface area (Å²) >= 11 is 0. The van der Waals surface area contributed by atoms with E-state index >= 15 is 0 Å². The van der Waals surface area contributed by atoms with Crippen LogP contribution in [0.1, 0.15) is 10.4 Å². The van der Waals surface area contributed by atoms with Gasteiger partial charge in [0.2, 0.25) is 0 Å². The van der Waals surface area contributed by atoms with Crippen molar-refractivity contribution in [3.05, 3.63) is 54.6 Å². The van der Waals surface area contributed by atoms with Gasteiger partial charge in [0, 0.05) is 0 Å². The number of methoxy groups -OCH3 is 1. The molecule has 0 radical (unpaired) electrons. The Kier molecular flexibility index (Phi) is 3.63. The predicted octanol–water partition coefficient (Wildman–Crippen LogP) is 3.19. The van der Waals surface area contributed by atoms with Crippen LogP contribution in [-0.2, 0) is 4.74 Å². The minimum Gasteiger partial charge on any atom is -0.489 e. The van der Waals surface area contributed by atoms with Crippen LogP contribution in [0.25, 0.3) is 10.8 Å². The van der Waals surface area contributed by atoms with E-state index in [2.05, 4.69) is 6.58 Å². The number of carbonyl (C=O) groups is 1. The van der Waals surface area contributed by atoms with Crippen molar-refractivity contribution in [2.45, 2.75) is 0 Å². The molecule has 0 heterocycles. The maximum atomic E-state index is 11.7. The number of ether oxygens (including phenoxy) is 2. The molecule has 0 saturated carbocycles. The number of carbonyl (C=O) groups excluding carboxylic acids is 1. The zero-order chi connectivity index (χ0) is 13.0. The highest BCUT2D eigenvalue weighted by Gasteiger charge is 2.14. The molecule has 0 amide bonds. The third-order valence-corrected chi connectivity index (χ3v) is 2.61. The van der Waals surface area contributed by atoms with Crippen LogP contribution in [0.4, 0.5) is 0 Å². The lowest BCUT2D eigenvalue weighted by Gasteiger charge is -2.10. The molecule has 0 saturated heterocycles. The number of benzene rings is 2. The topological polar surface area (TPSA) is 35.5 Å². The molecule has 3 heteroatoms. The van der Waals surface area contributed by atoms with Gasteiger partial charge in [-0.25, -0.2) is 4.79 Å².